The minimum atomic E-state index is 0.319. The molecule has 3 atom stereocenters. The van der Waals surface area contributed by atoms with Crippen LogP contribution in [0.5, 0.6) is 0 Å². The van der Waals surface area contributed by atoms with Crippen LogP contribution in [0, 0.1) is 6.92 Å². The van der Waals surface area contributed by atoms with Gasteiger partial charge in [0.2, 0.25) is 0 Å². The maximum absolute atomic E-state index is 6.20. The van der Waals surface area contributed by atoms with E-state index in [0.29, 0.717) is 18.2 Å². The molecule has 0 amide bonds. The zero-order valence-corrected chi connectivity index (χ0v) is 13.3. The van der Waals surface area contributed by atoms with Gasteiger partial charge in [0, 0.05) is 18.6 Å². The Balaban J connectivity index is 1.66. The molecule has 0 saturated carbocycles. The van der Waals surface area contributed by atoms with Gasteiger partial charge in [-0.2, -0.15) is 0 Å². The van der Waals surface area contributed by atoms with Crippen molar-refractivity contribution in [1.29, 1.82) is 0 Å². The Morgan fingerprint density at radius 3 is 3.14 bits per heavy atom. The minimum Gasteiger partial charge on any atom is -0.374 e. The molecule has 0 aliphatic carbocycles. The fourth-order valence-electron chi connectivity index (χ4n) is 3.78. The number of nitrogens with one attached hydrogen (secondary N) is 1. The number of hydrogen-bond acceptors (Lipinski definition) is 3. The van der Waals surface area contributed by atoms with Gasteiger partial charge in [-0.15, -0.1) is 0 Å². The second kappa shape index (κ2) is 6.91. The molecule has 2 saturated heterocycles. The second-order valence-electron chi connectivity index (χ2n) is 6.52. The lowest BCUT2D eigenvalue weighted by molar-refractivity contribution is -0.0641. The fraction of sp³-hybridized carbons (Fsp3) is 0.667. The third-order valence-corrected chi connectivity index (χ3v) is 4.87. The van der Waals surface area contributed by atoms with Crippen LogP contribution in [0.3, 0.4) is 0 Å². The molecule has 3 unspecified atom stereocenters. The maximum Gasteiger partial charge on any atom is 0.0858 e. The molecule has 0 spiro atoms. The van der Waals surface area contributed by atoms with Gasteiger partial charge in [0.05, 0.1) is 12.7 Å². The van der Waals surface area contributed by atoms with E-state index in [1.807, 2.05) is 0 Å². The predicted molar refractivity (Wildman–Crippen MR) is 86.7 cm³/mol. The molecular formula is C18H28N2O. The van der Waals surface area contributed by atoms with E-state index >= 15 is 0 Å². The molecule has 2 aliphatic rings. The van der Waals surface area contributed by atoms with Crippen molar-refractivity contribution in [3.8, 4) is 0 Å². The summed E-state index contributed by atoms with van der Waals surface area (Å²) in [5, 5.41) is 3.65. The number of fused-ring (bicyclic) bond motifs is 1. The summed E-state index contributed by atoms with van der Waals surface area (Å²) in [4.78, 5) is 2.63. The highest BCUT2D eigenvalue weighted by Gasteiger charge is 2.35. The molecule has 21 heavy (non-hydrogen) atoms. The molecule has 2 heterocycles. The predicted octanol–water partition coefficient (Wildman–Crippen LogP) is 2.38. The molecular weight excluding hydrogens is 260 g/mol. The number of rotatable bonds is 5. The number of benzene rings is 1. The molecule has 3 nitrogen and oxygen atoms in total. The number of likely N-dealkylation sites (N-methyl/N-ethyl adjacent to an activating group) is 1. The van der Waals surface area contributed by atoms with Crippen molar-refractivity contribution in [2.75, 3.05) is 26.2 Å². The molecule has 1 aromatic carbocycles. The number of hydrogen-bond donors (Lipinski definition) is 1. The van der Waals surface area contributed by atoms with Crippen molar-refractivity contribution in [2.24, 2.45) is 0 Å². The third kappa shape index (κ3) is 3.65. The zero-order chi connectivity index (χ0) is 14.7. The molecule has 1 N–H and O–H groups in total. The van der Waals surface area contributed by atoms with Crippen LogP contribution in [0.25, 0.3) is 0 Å². The monoisotopic (exact) mass is 288 g/mol. The van der Waals surface area contributed by atoms with Crippen molar-refractivity contribution in [3.63, 3.8) is 0 Å². The largest absolute Gasteiger partial charge is 0.374 e. The molecule has 0 aromatic heterocycles. The van der Waals surface area contributed by atoms with Crippen LogP contribution in [0.15, 0.2) is 24.3 Å². The van der Waals surface area contributed by atoms with Gasteiger partial charge in [-0.25, -0.2) is 0 Å². The van der Waals surface area contributed by atoms with Crippen molar-refractivity contribution >= 4 is 0 Å². The molecule has 1 aromatic rings. The van der Waals surface area contributed by atoms with Gasteiger partial charge in [0.1, 0.15) is 0 Å². The van der Waals surface area contributed by atoms with Crippen LogP contribution in [0.1, 0.15) is 30.9 Å². The highest BCUT2D eigenvalue weighted by molar-refractivity contribution is 5.23. The number of nitrogens with zero attached hydrogens (tertiary/aromatic N) is 1. The molecule has 3 rings (SSSR count). The van der Waals surface area contributed by atoms with Gasteiger partial charge < -0.3 is 10.1 Å². The SMILES string of the molecule is CCNC(Cc1cccc(C)c1)C1CN2CCCC2CO1. The first-order valence-electron chi connectivity index (χ1n) is 8.41. The van der Waals surface area contributed by atoms with E-state index in [4.69, 9.17) is 4.74 Å². The van der Waals surface area contributed by atoms with Crippen molar-refractivity contribution in [1.82, 2.24) is 10.2 Å². The van der Waals surface area contributed by atoms with E-state index < -0.39 is 0 Å². The Morgan fingerprint density at radius 2 is 2.33 bits per heavy atom. The first-order chi connectivity index (χ1) is 10.3. The van der Waals surface area contributed by atoms with Crippen molar-refractivity contribution in [3.05, 3.63) is 35.4 Å². The van der Waals surface area contributed by atoms with Gasteiger partial charge in [-0.3, -0.25) is 4.90 Å². The molecule has 0 radical (unpaired) electrons. The molecule has 2 fully saturated rings. The summed E-state index contributed by atoms with van der Waals surface area (Å²) >= 11 is 0. The van der Waals surface area contributed by atoms with Crippen LogP contribution < -0.4 is 5.32 Å². The van der Waals surface area contributed by atoms with E-state index in [1.165, 1.54) is 30.5 Å². The number of morpholine rings is 1. The van der Waals surface area contributed by atoms with Gasteiger partial charge >= 0.3 is 0 Å². The van der Waals surface area contributed by atoms with Gasteiger partial charge in [-0.05, 0) is 44.8 Å². The third-order valence-electron chi connectivity index (χ3n) is 4.87. The van der Waals surface area contributed by atoms with E-state index in [-0.39, 0.29) is 0 Å². The van der Waals surface area contributed by atoms with Crippen LogP contribution >= 0.6 is 0 Å². The summed E-state index contributed by atoms with van der Waals surface area (Å²) in [7, 11) is 0. The topological polar surface area (TPSA) is 24.5 Å². The van der Waals surface area contributed by atoms with Crippen molar-refractivity contribution in [2.45, 2.75) is 51.3 Å². The summed E-state index contributed by atoms with van der Waals surface area (Å²) in [6.07, 6.45) is 4.03. The van der Waals surface area contributed by atoms with Crippen LogP contribution in [0.2, 0.25) is 0 Å². The smallest absolute Gasteiger partial charge is 0.0858 e. The van der Waals surface area contributed by atoms with E-state index in [1.54, 1.807) is 0 Å². The minimum absolute atomic E-state index is 0.319. The Hall–Kier alpha value is -0.900. The molecule has 2 aliphatic heterocycles. The van der Waals surface area contributed by atoms with Crippen molar-refractivity contribution < 1.29 is 4.74 Å². The normalized spacial score (nSPS) is 27.5. The Bertz CT molecular complexity index is 462. The fourth-order valence-corrected chi connectivity index (χ4v) is 3.78. The van der Waals surface area contributed by atoms with Crippen LogP contribution in [0.4, 0.5) is 0 Å². The lowest BCUT2D eigenvalue weighted by atomic mass is 9.98. The molecule has 3 heteroatoms. The summed E-state index contributed by atoms with van der Waals surface area (Å²) in [6.45, 7) is 8.62. The quantitative estimate of drug-likeness (QED) is 0.900. The average Bonchev–Trinajstić information content (AvgIpc) is 2.94. The first-order valence-corrected chi connectivity index (χ1v) is 8.41. The first kappa shape index (κ1) is 15.0. The van der Waals surface area contributed by atoms with Crippen LogP contribution in [-0.4, -0.2) is 49.3 Å². The van der Waals surface area contributed by atoms with E-state index in [0.717, 1.165) is 26.1 Å². The Labute approximate surface area is 128 Å². The zero-order valence-electron chi connectivity index (χ0n) is 13.3. The highest BCUT2D eigenvalue weighted by Crippen LogP contribution is 2.24. The second-order valence-corrected chi connectivity index (χ2v) is 6.52. The summed E-state index contributed by atoms with van der Waals surface area (Å²) in [6, 6.07) is 9.95. The van der Waals surface area contributed by atoms with E-state index in [9.17, 15) is 0 Å². The Morgan fingerprint density at radius 1 is 1.43 bits per heavy atom. The lowest BCUT2D eigenvalue weighted by Gasteiger charge is -2.39. The average molecular weight is 288 g/mol. The van der Waals surface area contributed by atoms with Gasteiger partial charge in [-0.1, -0.05) is 36.8 Å². The van der Waals surface area contributed by atoms with E-state index in [2.05, 4.69) is 48.3 Å². The van der Waals surface area contributed by atoms with Gasteiger partial charge in [0.25, 0.3) is 0 Å². The summed E-state index contributed by atoms with van der Waals surface area (Å²) in [5.41, 5.74) is 2.75. The summed E-state index contributed by atoms with van der Waals surface area (Å²) in [5.74, 6) is 0. The standard InChI is InChI=1S/C18H28N2O/c1-3-19-17(11-15-7-4-6-14(2)10-15)18-12-20-9-5-8-16(20)13-21-18/h4,6-7,10,16-19H,3,5,8-9,11-13H2,1-2H3. The van der Waals surface area contributed by atoms with Crippen LogP contribution in [-0.2, 0) is 11.2 Å². The Kier molecular flexibility index (Phi) is 4.94. The molecule has 116 valence electrons. The number of aryl methyl sites for hydroxylation is 1. The van der Waals surface area contributed by atoms with Gasteiger partial charge in [0.15, 0.2) is 0 Å². The number of ether oxygens (including phenoxy) is 1. The maximum atomic E-state index is 6.20. The highest BCUT2D eigenvalue weighted by atomic mass is 16.5. The molecule has 0 bridgehead atoms. The summed E-state index contributed by atoms with van der Waals surface area (Å²) < 4.78 is 6.20. The lowest BCUT2D eigenvalue weighted by Crippen LogP contribution is -2.54.